The van der Waals surface area contributed by atoms with Crippen molar-refractivity contribution in [1.82, 2.24) is 4.90 Å². The zero-order valence-corrected chi connectivity index (χ0v) is 12.2. The molecular formula is C13H13Cl2NO4. The van der Waals surface area contributed by atoms with E-state index < -0.39 is 5.97 Å². The molecule has 1 N–H and O–H groups in total. The van der Waals surface area contributed by atoms with Crippen LogP contribution in [0.1, 0.15) is 23.2 Å². The third kappa shape index (κ3) is 3.16. The molecule has 1 aromatic rings. The van der Waals surface area contributed by atoms with Crippen LogP contribution in [-0.4, -0.2) is 41.6 Å². The Balaban J connectivity index is 2.29. The summed E-state index contributed by atoms with van der Waals surface area (Å²) in [7, 11) is 1.43. The summed E-state index contributed by atoms with van der Waals surface area (Å²) < 4.78 is 5.01. The molecule has 2 rings (SSSR count). The minimum Gasteiger partial charge on any atom is -0.494 e. The van der Waals surface area contributed by atoms with E-state index in [2.05, 4.69) is 0 Å². The van der Waals surface area contributed by atoms with Crippen molar-refractivity contribution in [1.29, 1.82) is 0 Å². The summed E-state index contributed by atoms with van der Waals surface area (Å²) in [6.07, 6.45) is 1.63. The maximum Gasteiger partial charge on any atom is 0.323 e. The lowest BCUT2D eigenvalue weighted by molar-refractivity contribution is -0.137. The Bertz CT molecular complexity index is 534. The number of carbonyl (C=O) groups is 2. The molecule has 0 saturated heterocycles. The maximum absolute atomic E-state index is 12.4. The van der Waals surface area contributed by atoms with E-state index >= 15 is 0 Å². The Hall–Kier alpha value is -1.46. The first-order valence-corrected chi connectivity index (χ1v) is 6.75. The lowest BCUT2D eigenvalue weighted by atomic mass is 10.2. The highest BCUT2D eigenvalue weighted by molar-refractivity contribution is 6.37. The Kier molecular flexibility index (Phi) is 4.40. The van der Waals surface area contributed by atoms with Gasteiger partial charge in [-0.2, -0.15) is 0 Å². The lowest BCUT2D eigenvalue weighted by Crippen LogP contribution is -2.37. The van der Waals surface area contributed by atoms with E-state index in [9.17, 15) is 9.59 Å². The fourth-order valence-electron chi connectivity index (χ4n) is 1.94. The summed E-state index contributed by atoms with van der Waals surface area (Å²) in [6, 6.07) is 2.86. The second-order valence-electron chi connectivity index (χ2n) is 4.53. The smallest absolute Gasteiger partial charge is 0.323 e. The molecule has 7 heteroatoms. The Morgan fingerprint density at radius 1 is 1.35 bits per heavy atom. The van der Waals surface area contributed by atoms with Crippen molar-refractivity contribution in [3.8, 4) is 5.75 Å². The summed E-state index contributed by atoms with van der Waals surface area (Å²) in [4.78, 5) is 24.5. The fraction of sp³-hybridized carbons (Fsp3) is 0.385. The topological polar surface area (TPSA) is 66.8 Å². The van der Waals surface area contributed by atoms with Gasteiger partial charge in [0.05, 0.1) is 17.2 Å². The molecule has 0 aliphatic heterocycles. The number of benzene rings is 1. The van der Waals surface area contributed by atoms with E-state index in [4.69, 9.17) is 33.0 Å². The third-order valence-corrected chi connectivity index (χ3v) is 3.56. The average Bonchev–Trinajstić information content (AvgIpc) is 3.18. The van der Waals surface area contributed by atoms with Gasteiger partial charge in [-0.1, -0.05) is 23.2 Å². The number of ether oxygens (including phenoxy) is 1. The molecule has 20 heavy (non-hydrogen) atoms. The number of methoxy groups -OCH3 is 1. The van der Waals surface area contributed by atoms with Crippen molar-refractivity contribution in [3.63, 3.8) is 0 Å². The molecule has 1 aromatic carbocycles. The number of carbonyl (C=O) groups excluding carboxylic acids is 1. The molecule has 1 aliphatic rings. The number of carboxylic acids is 1. The molecule has 0 spiro atoms. The zero-order chi connectivity index (χ0) is 14.9. The predicted molar refractivity (Wildman–Crippen MR) is 74.7 cm³/mol. The Labute approximate surface area is 126 Å². The molecule has 1 amide bonds. The van der Waals surface area contributed by atoms with Gasteiger partial charge in [-0.25, -0.2) is 0 Å². The number of halogens is 2. The molecule has 1 fully saturated rings. The van der Waals surface area contributed by atoms with Crippen molar-refractivity contribution in [2.24, 2.45) is 0 Å². The Morgan fingerprint density at radius 3 is 2.30 bits per heavy atom. The van der Waals surface area contributed by atoms with Crippen LogP contribution in [0, 0.1) is 0 Å². The normalized spacial score (nSPS) is 13.9. The largest absolute Gasteiger partial charge is 0.494 e. The molecule has 0 radical (unpaired) electrons. The van der Waals surface area contributed by atoms with Gasteiger partial charge in [-0.05, 0) is 25.0 Å². The van der Waals surface area contributed by atoms with Crippen LogP contribution in [0.15, 0.2) is 12.1 Å². The van der Waals surface area contributed by atoms with Gasteiger partial charge in [0.25, 0.3) is 5.91 Å². The van der Waals surface area contributed by atoms with E-state index in [1.54, 1.807) is 0 Å². The van der Waals surface area contributed by atoms with Crippen molar-refractivity contribution in [3.05, 3.63) is 27.7 Å². The zero-order valence-electron chi connectivity index (χ0n) is 10.7. The highest BCUT2D eigenvalue weighted by atomic mass is 35.5. The van der Waals surface area contributed by atoms with Gasteiger partial charge in [0.1, 0.15) is 6.54 Å². The van der Waals surface area contributed by atoms with Crippen LogP contribution in [0.25, 0.3) is 0 Å². The summed E-state index contributed by atoms with van der Waals surface area (Å²) in [5, 5.41) is 9.32. The lowest BCUT2D eigenvalue weighted by Gasteiger charge is -2.20. The minimum absolute atomic E-state index is 0.0155. The van der Waals surface area contributed by atoms with E-state index in [1.807, 2.05) is 0 Å². The van der Waals surface area contributed by atoms with Crippen LogP contribution in [-0.2, 0) is 4.79 Å². The number of aliphatic carboxylic acids is 1. The van der Waals surface area contributed by atoms with Crippen molar-refractivity contribution in [2.75, 3.05) is 13.7 Å². The van der Waals surface area contributed by atoms with Gasteiger partial charge < -0.3 is 14.7 Å². The molecular weight excluding hydrogens is 305 g/mol. The highest BCUT2D eigenvalue weighted by Gasteiger charge is 2.34. The van der Waals surface area contributed by atoms with Crippen LogP contribution in [0.3, 0.4) is 0 Å². The van der Waals surface area contributed by atoms with Crippen molar-refractivity contribution >= 4 is 35.1 Å². The summed E-state index contributed by atoms with van der Waals surface area (Å²) >= 11 is 12.0. The van der Waals surface area contributed by atoms with Crippen molar-refractivity contribution < 1.29 is 19.4 Å². The fourth-order valence-corrected chi connectivity index (χ4v) is 2.58. The van der Waals surface area contributed by atoms with Crippen LogP contribution in [0.5, 0.6) is 5.75 Å². The summed E-state index contributed by atoms with van der Waals surface area (Å²) in [5.74, 6) is -1.14. The number of carboxylic acid groups (broad SMARTS) is 1. The Morgan fingerprint density at radius 2 is 1.90 bits per heavy atom. The molecule has 108 valence electrons. The number of hydrogen-bond acceptors (Lipinski definition) is 3. The van der Waals surface area contributed by atoms with E-state index in [1.165, 1.54) is 24.1 Å². The van der Waals surface area contributed by atoms with Gasteiger partial charge in [-0.3, -0.25) is 9.59 Å². The third-order valence-electron chi connectivity index (χ3n) is 3.00. The van der Waals surface area contributed by atoms with Gasteiger partial charge in [0.2, 0.25) is 0 Å². The standard InChI is InChI=1S/C13H13Cl2NO4/c1-20-12-9(14)4-7(5-10(12)15)13(19)16(6-11(17)18)8-2-3-8/h4-5,8H,2-3,6H2,1H3,(H,17,18). The van der Waals surface area contributed by atoms with E-state index in [0.29, 0.717) is 5.75 Å². The second-order valence-corrected chi connectivity index (χ2v) is 5.35. The quantitative estimate of drug-likeness (QED) is 0.906. The van der Waals surface area contributed by atoms with Gasteiger partial charge in [0.15, 0.2) is 5.75 Å². The average molecular weight is 318 g/mol. The van der Waals surface area contributed by atoms with Gasteiger partial charge >= 0.3 is 5.97 Å². The van der Waals surface area contributed by atoms with Crippen molar-refractivity contribution in [2.45, 2.75) is 18.9 Å². The molecule has 0 aromatic heterocycles. The number of amides is 1. The first kappa shape index (κ1) is 14.9. The van der Waals surface area contributed by atoms with E-state index in [0.717, 1.165) is 12.8 Å². The predicted octanol–water partition coefficient (Wildman–Crippen LogP) is 2.69. The van der Waals surface area contributed by atoms with Crippen LogP contribution in [0.4, 0.5) is 0 Å². The number of hydrogen-bond donors (Lipinski definition) is 1. The molecule has 0 heterocycles. The van der Waals surface area contributed by atoms with Crippen LogP contribution < -0.4 is 4.74 Å². The van der Waals surface area contributed by atoms with Gasteiger partial charge in [0, 0.05) is 11.6 Å². The molecule has 0 bridgehead atoms. The first-order valence-electron chi connectivity index (χ1n) is 5.99. The minimum atomic E-state index is -1.05. The van der Waals surface area contributed by atoms with E-state index in [-0.39, 0.29) is 34.1 Å². The highest BCUT2D eigenvalue weighted by Crippen LogP contribution is 2.35. The van der Waals surface area contributed by atoms with Crippen LogP contribution >= 0.6 is 23.2 Å². The van der Waals surface area contributed by atoms with Crippen LogP contribution in [0.2, 0.25) is 10.0 Å². The molecule has 1 saturated carbocycles. The summed E-state index contributed by atoms with van der Waals surface area (Å²) in [6.45, 7) is -0.329. The molecule has 1 aliphatic carbocycles. The maximum atomic E-state index is 12.4. The number of rotatable bonds is 5. The molecule has 0 atom stereocenters. The molecule has 0 unspecified atom stereocenters. The SMILES string of the molecule is COc1c(Cl)cc(C(=O)N(CC(=O)O)C2CC2)cc1Cl. The van der Waals surface area contributed by atoms with Gasteiger partial charge in [-0.15, -0.1) is 0 Å². The number of nitrogens with zero attached hydrogens (tertiary/aromatic N) is 1. The second kappa shape index (κ2) is 5.89. The monoisotopic (exact) mass is 317 g/mol. The molecule has 5 nitrogen and oxygen atoms in total. The first-order chi connectivity index (χ1) is 9.43. The summed E-state index contributed by atoms with van der Waals surface area (Å²) in [5.41, 5.74) is 0.258.